The van der Waals surface area contributed by atoms with Crippen LogP contribution in [0.2, 0.25) is 0 Å². The van der Waals surface area contributed by atoms with E-state index in [0.29, 0.717) is 11.4 Å². The van der Waals surface area contributed by atoms with E-state index in [1.54, 1.807) is 31.2 Å². The number of nitroso groups, excluding NO2 is 1. The number of H-pyrrole nitrogens is 1. The third kappa shape index (κ3) is 3.13. The maximum Gasteiger partial charge on any atom is 0.331 e. The number of likely N-dealkylation sites (N-methyl/N-ethyl adjacent to an activating group) is 2. The minimum absolute atomic E-state index is 0.212. The first-order valence-corrected chi connectivity index (χ1v) is 8.22. The molecule has 0 bridgehead atoms. The summed E-state index contributed by atoms with van der Waals surface area (Å²) in [5.41, 5.74) is 1.10. The number of urea groups is 1. The van der Waals surface area contributed by atoms with Crippen molar-refractivity contribution in [2.45, 2.75) is 13.0 Å². The van der Waals surface area contributed by atoms with E-state index in [2.05, 4.69) is 20.5 Å². The molecule has 1 aromatic carbocycles. The highest BCUT2D eigenvalue weighted by molar-refractivity contribution is 6.20. The molecule has 11 heteroatoms. The first-order valence-electron chi connectivity index (χ1n) is 8.22. The van der Waals surface area contributed by atoms with E-state index in [4.69, 9.17) is 0 Å². The smallest absolute Gasteiger partial charge is 0.295 e. The Bertz CT molecular complexity index is 1050. The molecule has 3 amide bonds. The molecular formula is C17H17N7O4. The van der Waals surface area contributed by atoms with Crippen molar-refractivity contribution in [2.24, 2.45) is 15.4 Å². The van der Waals surface area contributed by atoms with E-state index in [1.807, 2.05) is 6.07 Å². The highest BCUT2D eigenvalue weighted by atomic mass is 16.3. The molecule has 3 rings (SSSR count). The summed E-state index contributed by atoms with van der Waals surface area (Å²) >= 11 is 0. The van der Waals surface area contributed by atoms with Crippen LogP contribution in [-0.2, 0) is 4.79 Å². The number of amides is 3. The van der Waals surface area contributed by atoms with Gasteiger partial charge in [0.15, 0.2) is 5.84 Å². The number of benzene rings is 1. The van der Waals surface area contributed by atoms with Gasteiger partial charge in [0, 0.05) is 19.8 Å². The van der Waals surface area contributed by atoms with Gasteiger partial charge in [-0.05, 0) is 24.2 Å². The van der Waals surface area contributed by atoms with Crippen LogP contribution in [0.25, 0.3) is 5.69 Å². The molecule has 1 saturated heterocycles. The lowest BCUT2D eigenvalue weighted by Gasteiger charge is -2.31. The zero-order valence-electron chi connectivity index (χ0n) is 15.4. The van der Waals surface area contributed by atoms with Crippen molar-refractivity contribution >= 4 is 24.0 Å². The molecule has 1 unspecified atom stereocenters. The Kier molecular flexibility index (Phi) is 4.98. The minimum atomic E-state index is -1.49. The van der Waals surface area contributed by atoms with Gasteiger partial charge in [0.1, 0.15) is 0 Å². The second-order valence-electron chi connectivity index (χ2n) is 6.08. The molecule has 2 aromatic rings. The number of nitrogens with zero attached hydrogens (tertiary/aromatic N) is 6. The second-order valence-corrected chi connectivity index (χ2v) is 6.08. The van der Waals surface area contributed by atoms with Crippen LogP contribution < -0.4 is 5.56 Å². The number of rotatable bonds is 4. The van der Waals surface area contributed by atoms with E-state index >= 15 is 0 Å². The Morgan fingerprint density at radius 1 is 1.07 bits per heavy atom. The number of aryl methyl sites for hydroxylation is 1. The maximum atomic E-state index is 12.6. The Hall–Kier alpha value is -3.89. The highest BCUT2D eigenvalue weighted by Crippen LogP contribution is 2.14. The number of nitrogens with one attached hydrogen (secondary N) is 1. The Balaban J connectivity index is 1.95. The van der Waals surface area contributed by atoms with Gasteiger partial charge in [-0.1, -0.05) is 18.2 Å². The average Bonchev–Trinajstić information content (AvgIpc) is 2.99. The third-order valence-corrected chi connectivity index (χ3v) is 4.31. The lowest BCUT2D eigenvalue weighted by Crippen LogP contribution is -2.58. The number of imide groups is 1. The van der Waals surface area contributed by atoms with Gasteiger partial charge in [-0.15, -0.1) is 10.0 Å². The topological polar surface area (TPSA) is 133 Å². The normalized spacial score (nSPS) is 19.1. The largest absolute Gasteiger partial charge is 0.331 e. The van der Waals surface area contributed by atoms with Crippen LogP contribution in [0.3, 0.4) is 0 Å². The van der Waals surface area contributed by atoms with Crippen molar-refractivity contribution < 1.29 is 9.59 Å². The number of para-hydroxylation sites is 1. The summed E-state index contributed by atoms with van der Waals surface area (Å²) in [6.45, 7) is 1.69. The van der Waals surface area contributed by atoms with Gasteiger partial charge < -0.3 is 0 Å². The predicted molar refractivity (Wildman–Crippen MR) is 102 cm³/mol. The molecule has 2 heterocycles. The summed E-state index contributed by atoms with van der Waals surface area (Å²) < 4.78 is 1.36. The highest BCUT2D eigenvalue weighted by Gasteiger charge is 2.42. The number of amidine groups is 1. The van der Waals surface area contributed by atoms with Crippen molar-refractivity contribution in [3.8, 4) is 5.69 Å². The Morgan fingerprint density at radius 2 is 1.75 bits per heavy atom. The van der Waals surface area contributed by atoms with Crippen LogP contribution in [-0.4, -0.2) is 63.7 Å². The average molecular weight is 383 g/mol. The van der Waals surface area contributed by atoms with Gasteiger partial charge in [-0.25, -0.2) is 9.48 Å². The molecule has 1 N–H and O–H groups in total. The lowest BCUT2D eigenvalue weighted by molar-refractivity contribution is -0.128. The van der Waals surface area contributed by atoms with Crippen LogP contribution in [0.15, 0.2) is 50.5 Å². The van der Waals surface area contributed by atoms with Gasteiger partial charge in [0.25, 0.3) is 11.5 Å². The van der Waals surface area contributed by atoms with Crippen molar-refractivity contribution in [3.63, 3.8) is 0 Å². The molecule has 1 aromatic heterocycles. The van der Waals surface area contributed by atoms with Crippen LogP contribution in [0.5, 0.6) is 0 Å². The fourth-order valence-corrected chi connectivity index (χ4v) is 2.72. The van der Waals surface area contributed by atoms with Crippen LogP contribution in [0, 0.1) is 11.8 Å². The quantitative estimate of drug-likeness (QED) is 0.476. The first kappa shape index (κ1) is 18.9. The summed E-state index contributed by atoms with van der Waals surface area (Å²) in [6.07, 6.45) is 1.20. The second kappa shape index (κ2) is 7.39. The number of hydrogen-bond acceptors (Lipinski definition) is 7. The van der Waals surface area contributed by atoms with Gasteiger partial charge >= 0.3 is 6.03 Å². The fourth-order valence-electron chi connectivity index (χ4n) is 2.72. The lowest BCUT2D eigenvalue weighted by atomic mass is 10.2. The van der Waals surface area contributed by atoms with Gasteiger partial charge in [-0.2, -0.15) is 5.10 Å². The van der Waals surface area contributed by atoms with Crippen molar-refractivity contribution in [2.75, 3.05) is 14.1 Å². The van der Waals surface area contributed by atoms with Crippen LogP contribution in [0.1, 0.15) is 11.3 Å². The molecule has 0 spiro atoms. The van der Waals surface area contributed by atoms with Gasteiger partial charge in [0.05, 0.1) is 17.5 Å². The van der Waals surface area contributed by atoms with E-state index < -0.39 is 18.0 Å². The zero-order chi connectivity index (χ0) is 20.4. The molecule has 0 saturated carbocycles. The van der Waals surface area contributed by atoms with Crippen LogP contribution in [0.4, 0.5) is 4.79 Å². The maximum absolute atomic E-state index is 12.6. The number of carbonyl (C=O) groups is 2. The Labute approximate surface area is 158 Å². The molecule has 1 atom stereocenters. The molecule has 1 fully saturated rings. The minimum Gasteiger partial charge on any atom is -0.295 e. The molecular weight excluding hydrogens is 366 g/mol. The number of aromatic amines is 1. The number of carbonyl (C=O) groups excluding carboxylic acids is 2. The molecule has 0 aliphatic carbocycles. The first-order chi connectivity index (χ1) is 13.4. The zero-order valence-corrected chi connectivity index (χ0v) is 15.4. The van der Waals surface area contributed by atoms with Crippen molar-refractivity contribution in [1.29, 1.82) is 0 Å². The Morgan fingerprint density at radius 3 is 2.39 bits per heavy atom. The molecule has 0 radical (unpaired) electrons. The SMILES string of the molecule is Cc1[nH]n(-c2ccccc2)c(=O)c1C=NN=C1C(N=O)C(=O)N(C)C(=O)N1C. The van der Waals surface area contributed by atoms with Crippen molar-refractivity contribution in [3.05, 3.63) is 56.9 Å². The summed E-state index contributed by atoms with van der Waals surface area (Å²) in [5.74, 6) is -1.01. The molecule has 1 aliphatic rings. The summed E-state index contributed by atoms with van der Waals surface area (Å²) in [7, 11) is 2.59. The van der Waals surface area contributed by atoms with E-state index in [9.17, 15) is 19.3 Å². The number of hydrogen-bond donors (Lipinski definition) is 1. The molecule has 11 nitrogen and oxygen atoms in total. The van der Waals surface area contributed by atoms with E-state index in [1.165, 1.54) is 25.0 Å². The summed E-state index contributed by atoms with van der Waals surface area (Å²) in [5, 5.41) is 13.3. The van der Waals surface area contributed by atoms with Crippen LogP contribution >= 0.6 is 0 Å². The third-order valence-electron chi connectivity index (χ3n) is 4.31. The molecule has 1 aliphatic heterocycles. The fraction of sp³-hybridized carbons (Fsp3) is 0.235. The molecule has 144 valence electrons. The standard InChI is InChI=1S/C17H17N7O4/c1-10-12(15(25)24(20-10)11-7-5-4-6-8-11)9-18-19-14-13(21-28)16(26)23(3)17(27)22(14)2/h4-9,13,20H,1-3H3. The summed E-state index contributed by atoms with van der Waals surface area (Å²) in [6, 6.07) is 6.82. The monoisotopic (exact) mass is 383 g/mol. The van der Waals surface area contributed by atoms with E-state index in [-0.39, 0.29) is 17.0 Å². The van der Waals surface area contributed by atoms with Gasteiger partial charge in [-0.3, -0.25) is 24.5 Å². The summed E-state index contributed by atoms with van der Waals surface area (Å²) in [4.78, 5) is 49.5. The number of aromatic nitrogens is 2. The van der Waals surface area contributed by atoms with Gasteiger partial charge in [0.2, 0.25) is 6.04 Å². The predicted octanol–water partition coefficient (Wildman–Crippen LogP) is 0.865. The molecule has 28 heavy (non-hydrogen) atoms. The van der Waals surface area contributed by atoms with Crippen molar-refractivity contribution in [1.82, 2.24) is 19.6 Å². The van der Waals surface area contributed by atoms with E-state index in [0.717, 1.165) is 9.80 Å².